The third-order valence-electron chi connectivity index (χ3n) is 2.49. The Balaban J connectivity index is 2.36. The van der Waals surface area contributed by atoms with Gasteiger partial charge in [-0.2, -0.15) is 0 Å². The highest BCUT2D eigenvalue weighted by atomic mass is 32.1. The number of rotatable bonds is 6. The maximum absolute atomic E-state index is 11.1. The molecule has 5 nitrogen and oxygen atoms in total. The van der Waals surface area contributed by atoms with Crippen molar-refractivity contribution >= 4 is 22.4 Å². The van der Waals surface area contributed by atoms with Crippen LogP contribution in [0.3, 0.4) is 0 Å². The Morgan fingerprint density at radius 3 is 2.88 bits per heavy atom. The number of nitrogens with two attached hydrogens (primary N) is 1. The van der Waals surface area contributed by atoms with Crippen LogP contribution in [0.15, 0.2) is 6.20 Å². The molecule has 1 aromatic rings. The van der Waals surface area contributed by atoms with Gasteiger partial charge in [-0.05, 0) is 20.3 Å². The molecule has 1 aromatic heterocycles. The van der Waals surface area contributed by atoms with E-state index in [9.17, 15) is 4.79 Å². The molecule has 1 rings (SSSR count). The van der Waals surface area contributed by atoms with Crippen molar-refractivity contribution in [3.63, 3.8) is 0 Å². The van der Waals surface area contributed by atoms with Gasteiger partial charge in [-0.1, -0.05) is 0 Å². The number of aromatic nitrogens is 1. The predicted molar refractivity (Wildman–Crippen MR) is 68.7 cm³/mol. The monoisotopic (exact) mass is 257 g/mol. The van der Waals surface area contributed by atoms with E-state index in [0.717, 1.165) is 11.3 Å². The topological polar surface area (TPSA) is 77.2 Å². The van der Waals surface area contributed by atoms with Crippen LogP contribution in [0, 0.1) is 0 Å². The van der Waals surface area contributed by atoms with Crippen LogP contribution < -0.4 is 11.1 Å². The zero-order valence-electron chi connectivity index (χ0n) is 10.4. The first-order chi connectivity index (χ1) is 7.93. The van der Waals surface area contributed by atoms with E-state index in [1.54, 1.807) is 6.20 Å². The highest BCUT2D eigenvalue weighted by Gasteiger charge is 2.19. The van der Waals surface area contributed by atoms with E-state index in [2.05, 4.69) is 28.9 Å². The third kappa shape index (κ3) is 5.14. The molecule has 0 aliphatic rings. The molecule has 0 radical (unpaired) electrons. The largest absolute Gasteiger partial charge is 0.469 e. The van der Waals surface area contributed by atoms with Crippen molar-refractivity contribution in [2.45, 2.75) is 38.8 Å². The van der Waals surface area contributed by atoms with E-state index in [1.165, 1.54) is 18.4 Å². The fraction of sp³-hybridized carbons (Fsp3) is 0.636. The predicted octanol–water partition coefficient (Wildman–Crippen LogP) is 1.55. The lowest BCUT2D eigenvalue weighted by atomic mass is 9.98. The molecule has 0 aliphatic carbocycles. The van der Waals surface area contributed by atoms with E-state index in [1.807, 2.05) is 0 Å². The minimum atomic E-state index is -0.179. The van der Waals surface area contributed by atoms with Gasteiger partial charge in [-0.15, -0.1) is 11.3 Å². The normalized spacial score (nSPS) is 11.5. The first kappa shape index (κ1) is 13.9. The fourth-order valence-corrected chi connectivity index (χ4v) is 1.96. The molecule has 0 fully saturated rings. The summed E-state index contributed by atoms with van der Waals surface area (Å²) in [5.41, 5.74) is 5.43. The van der Waals surface area contributed by atoms with Gasteiger partial charge >= 0.3 is 5.97 Å². The number of methoxy groups -OCH3 is 1. The second-order valence-corrected chi connectivity index (χ2v) is 5.63. The zero-order chi connectivity index (χ0) is 12.9. The average molecular weight is 257 g/mol. The molecule has 0 atom stereocenters. The lowest BCUT2D eigenvalue weighted by molar-refractivity contribution is -0.141. The van der Waals surface area contributed by atoms with Crippen LogP contribution in [0.25, 0.3) is 0 Å². The Kier molecular flexibility index (Phi) is 4.89. The molecular weight excluding hydrogens is 238 g/mol. The highest BCUT2D eigenvalue weighted by molar-refractivity contribution is 7.15. The summed E-state index contributed by atoms with van der Waals surface area (Å²) >= 11 is 1.47. The molecule has 1 heterocycles. The van der Waals surface area contributed by atoms with Crippen LogP contribution >= 0.6 is 11.3 Å². The van der Waals surface area contributed by atoms with Crippen molar-refractivity contribution in [3.8, 4) is 0 Å². The number of carbonyl (C=O) groups is 1. The van der Waals surface area contributed by atoms with Crippen LogP contribution in [0.5, 0.6) is 0 Å². The number of nitrogens with one attached hydrogen (secondary N) is 1. The van der Waals surface area contributed by atoms with Gasteiger partial charge in [0.15, 0.2) is 5.13 Å². The fourth-order valence-electron chi connectivity index (χ4n) is 1.34. The second kappa shape index (κ2) is 5.97. The Labute approximate surface area is 105 Å². The minimum Gasteiger partial charge on any atom is -0.469 e. The maximum atomic E-state index is 11.1. The Hall–Kier alpha value is -1.14. The zero-order valence-corrected chi connectivity index (χ0v) is 11.3. The Morgan fingerprint density at radius 2 is 2.35 bits per heavy atom. The number of thiazole rings is 1. The van der Waals surface area contributed by atoms with E-state index < -0.39 is 0 Å². The van der Waals surface area contributed by atoms with Gasteiger partial charge < -0.3 is 15.8 Å². The molecule has 0 saturated carbocycles. The molecule has 6 heteroatoms. The second-order valence-electron chi connectivity index (χ2n) is 4.48. The standard InChI is InChI=1S/C11H19N3O2S/c1-11(2,5-4-9(15)16-3)14-7-8-6-13-10(12)17-8/h6,14H,4-5,7H2,1-3H3,(H2,12,13). The van der Waals surface area contributed by atoms with E-state index in [-0.39, 0.29) is 11.5 Å². The molecule has 0 aliphatic heterocycles. The van der Waals surface area contributed by atoms with Crippen molar-refractivity contribution in [2.75, 3.05) is 12.8 Å². The number of ether oxygens (including phenoxy) is 1. The molecule has 3 N–H and O–H groups in total. The van der Waals surface area contributed by atoms with Gasteiger partial charge in [0.05, 0.1) is 7.11 Å². The summed E-state index contributed by atoms with van der Waals surface area (Å²) in [7, 11) is 1.41. The van der Waals surface area contributed by atoms with Crippen LogP contribution in [0.4, 0.5) is 5.13 Å². The summed E-state index contributed by atoms with van der Waals surface area (Å²) in [6.45, 7) is 4.82. The summed E-state index contributed by atoms with van der Waals surface area (Å²) in [5, 5.41) is 3.95. The molecule has 0 spiro atoms. The van der Waals surface area contributed by atoms with Crippen molar-refractivity contribution in [1.82, 2.24) is 10.3 Å². The maximum Gasteiger partial charge on any atom is 0.305 e. The molecule has 0 amide bonds. The number of anilines is 1. The van der Waals surface area contributed by atoms with Crippen molar-refractivity contribution < 1.29 is 9.53 Å². The van der Waals surface area contributed by atoms with E-state index >= 15 is 0 Å². The van der Waals surface area contributed by atoms with Crippen molar-refractivity contribution in [3.05, 3.63) is 11.1 Å². The van der Waals surface area contributed by atoms with Crippen LogP contribution in [-0.4, -0.2) is 23.6 Å². The first-order valence-corrected chi connectivity index (χ1v) is 6.26. The molecule has 0 aromatic carbocycles. The molecule has 96 valence electrons. The van der Waals surface area contributed by atoms with Crippen molar-refractivity contribution in [1.29, 1.82) is 0 Å². The van der Waals surface area contributed by atoms with Crippen LogP contribution in [-0.2, 0) is 16.1 Å². The summed E-state index contributed by atoms with van der Waals surface area (Å²) in [4.78, 5) is 16.1. The molecule has 0 unspecified atom stereocenters. The molecule has 0 bridgehead atoms. The van der Waals surface area contributed by atoms with Crippen LogP contribution in [0.1, 0.15) is 31.6 Å². The third-order valence-corrected chi connectivity index (χ3v) is 3.32. The summed E-state index contributed by atoms with van der Waals surface area (Å²) in [5.74, 6) is -0.179. The SMILES string of the molecule is COC(=O)CCC(C)(C)NCc1cnc(N)s1. The van der Waals surface area contributed by atoms with Gasteiger partial charge in [-0.3, -0.25) is 4.79 Å². The number of hydrogen-bond donors (Lipinski definition) is 2. The number of nitrogens with zero attached hydrogens (tertiary/aromatic N) is 1. The van der Waals surface area contributed by atoms with Gasteiger partial charge in [-0.25, -0.2) is 4.98 Å². The summed E-state index contributed by atoms with van der Waals surface area (Å²) in [6.07, 6.45) is 2.92. The molecule has 0 saturated heterocycles. The number of carbonyl (C=O) groups excluding carboxylic acids is 1. The number of hydrogen-bond acceptors (Lipinski definition) is 6. The first-order valence-electron chi connectivity index (χ1n) is 5.45. The highest BCUT2D eigenvalue weighted by Crippen LogP contribution is 2.17. The van der Waals surface area contributed by atoms with E-state index in [0.29, 0.717) is 18.1 Å². The minimum absolute atomic E-state index is 0.118. The van der Waals surface area contributed by atoms with Gasteiger partial charge in [0.1, 0.15) is 0 Å². The quantitative estimate of drug-likeness (QED) is 0.756. The summed E-state index contributed by atoms with van der Waals surface area (Å²) < 4.78 is 4.62. The number of esters is 1. The van der Waals surface area contributed by atoms with Crippen LogP contribution in [0.2, 0.25) is 0 Å². The summed E-state index contributed by atoms with van der Waals surface area (Å²) in [6, 6.07) is 0. The Morgan fingerprint density at radius 1 is 1.65 bits per heavy atom. The Bertz CT molecular complexity index is 377. The van der Waals surface area contributed by atoms with Gasteiger partial charge in [0.2, 0.25) is 0 Å². The average Bonchev–Trinajstić information content (AvgIpc) is 2.70. The molecular formula is C11H19N3O2S. The van der Waals surface area contributed by atoms with Gasteiger partial charge in [0.25, 0.3) is 0 Å². The van der Waals surface area contributed by atoms with E-state index in [4.69, 9.17) is 5.73 Å². The number of nitrogen functional groups attached to an aromatic ring is 1. The molecule has 17 heavy (non-hydrogen) atoms. The lowest BCUT2D eigenvalue weighted by Gasteiger charge is -2.25. The smallest absolute Gasteiger partial charge is 0.305 e. The van der Waals surface area contributed by atoms with Gasteiger partial charge in [0, 0.05) is 29.6 Å². The lowest BCUT2D eigenvalue weighted by Crippen LogP contribution is -2.39. The van der Waals surface area contributed by atoms with Crippen molar-refractivity contribution in [2.24, 2.45) is 0 Å².